The van der Waals surface area contributed by atoms with Crippen molar-refractivity contribution in [2.75, 3.05) is 18.8 Å². The Morgan fingerprint density at radius 2 is 2.14 bits per heavy atom. The Hall–Kier alpha value is -1.88. The van der Waals surface area contributed by atoms with E-state index >= 15 is 0 Å². The highest BCUT2D eigenvalue weighted by molar-refractivity contribution is 5.70. The summed E-state index contributed by atoms with van der Waals surface area (Å²) < 4.78 is 2.31. The maximum Gasteiger partial charge on any atom is 0.132 e. The van der Waals surface area contributed by atoms with Gasteiger partial charge in [0.2, 0.25) is 0 Å². The van der Waals surface area contributed by atoms with E-state index in [0.717, 1.165) is 17.3 Å². The number of nitrogens with two attached hydrogens (primary N) is 1. The molecular formula is C16H21N5. The van der Waals surface area contributed by atoms with Gasteiger partial charge in [-0.25, -0.2) is 9.97 Å². The SMILES string of the molecule is Nc1ncccc1-c1cncn1C1CCN2CCCC2C1. The first kappa shape index (κ1) is 12.8. The molecule has 2 aliphatic heterocycles. The molecule has 110 valence electrons. The third kappa shape index (κ3) is 2.21. The molecule has 4 heterocycles. The standard InChI is InChI=1S/C16H21N5/c17-16-14(4-1-6-19-16)15-10-18-11-21(15)13-5-8-20-7-2-3-12(20)9-13/h1,4,6,10-13H,2-3,5,7-9H2,(H2,17,19). The minimum atomic E-state index is 0.529. The number of rotatable bonds is 2. The van der Waals surface area contributed by atoms with Crippen LogP contribution in [0.4, 0.5) is 5.82 Å². The van der Waals surface area contributed by atoms with E-state index in [1.54, 1.807) is 6.20 Å². The molecular weight excluding hydrogens is 262 g/mol. The van der Waals surface area contributed by atoms with Gasteiger partial charge in [-0.1, -0.05) is 0 Å². The van der Waals surface area contributed by atoms with Crippen LogP contribution >= 0.6 is 0 Å². The maximum atomic E-state index is 6.04. The summed E-state index contributed by atoms with van der Waals surface area (Å²) in [6.45, 7) is 2.49. The second kappa shape index (κ2) is 5.15. The predicted molar refractivity (Wildman–Crippen MR) is 82.7 cm³/mol. The molecule has 0 bridgehead atoms. The molecule has 2 N–H and O–H groups in total. The third-order valence-electron chi connectivity index (χ3n) is 4.97. The Morgan fingerprint density at radius 3 is 3.05 bits per heavy atom. The molecule has 0 aromatic carbocycles. The van der Waals surface area contributed by atoms with Crippen LogP contribution in [0.2, 0.25) is 0 Å². The minimum absolute atomic E-state index is 0.529. The molecule has 0 radical (unpaired) electrons. The number of piperidine rings is 1. The zero-order valence-corrected chi connectivity index (χ0v) is 12.2. The Balaban J connectivity index is 1.65. The molecule has 0 aliphatic carbocycles. The fraction of sp³-hybridized carbons (Fsp3) is 0.500. The first-order chi connectivity index (χ1) is 10.3. The molecule has 4 rings (SSSR count). The van der Waals surface area contributed by atoms with Crippen LogP contribution in [0.3, 0.4) is 0 Å². The fourth-order valence-electron chi connectivity index (χ4n) is 3.89. The van der Waals surface area contributed by atoms with Crippen LogP contribution < -0.4 is 5.73 Å². The largest absolute Gasteiger partial charge is 0.383 e. The van der Waals surface area contributed by atoms with Crippen molar-refractivity contribution in [3.05, 3.63) is 30.9 Å². The van der Waals surface area contributed by atoms with Crippen molar-refractivity contribution in [3.63, 3.8) is 0 Å². The van der Waals surface area contributed by atoms with E-state index < -0.39 is 0 Å². The van der Waals surface area contributed by atoms with Crippen LogP contribution in [0.1, 0.15) is 31.7 Å². The van der Waals surface area contributed by atoms with Gasteiger partial charge in [0.15, 0.2) is 0 Å². The average Bonchev–Trinajstić information content (AvgIpc) is 3.15. The molecule has 0 spiro atoms. The topological polar surface area (TPSA) is 60.0 Å². The summed E-state index contributed by atoms with van der Waals surface area (Å²) in [6, 6.07) is 5.25. The van der Waals surface area contributed by atoms with Gasteiger partial charge in [-0.15, -0.1) is 0 Å². The summed E-state index contributed by atoms with van der Waals surface area (Å²) in [5.41, 5.74) is 8.12. The Bertz CT molecular complexity index is 635. The highest BCUT2D eigenvalue weighted by Gasteiger charge is 2.33. The molecule has 2 aliphatic rings. The van der Waals surface area contributed by atoms with Gasteiger partial charge in [0.25, 0.3) is 0 Å². The molecule has 2 unspecified atom stereocenters. The van der Waals surface area contributed by atoms with Crippen LogP contribution in [-0.4, -0.2) is 38.6 Å². The van der Waals surface area contributed by atoms with Crippen molar-refractivity contribution in [2.24, 2.45) is 0 Å². The molecule has 2 aromatic rings. The summed E-state index contributed by atoms with van der Waals surface area (Å²) >= 11 is 0. The lowest BCUT2D eigenvalue weighted by Gasteiger charge is -2.36. The summed E-state index contributed by atoms with van der Waals surface area (Å²) in [5.74, 6) is 0.581. The smallest absolute Gasteiger partial charge is 0.132 e. The van der Waals surface area contributed by atoms with Gasteiger partial charge >= 0.3 is 0 Å². The van der Waals surface area contributed by atoms with E-state index in [1.807, 2.05) is 24.7 Å². The second-order valence-corrected chi connectivity index (χ2v) is 6.13. The molecule has 2 aromatic heterocycles. The summed E-state index contributed by atoms with van der Waals surface area (Å²) in [5, 5.41) is 0. The van der Waals surface area contributed by atoms with Crippen molar-refractivity contribution >= 4 is 5.82 Å². The Labute approximate surface area is 124 Å². The maximum absolute atomic E-state index is 6.04. The molecule has 2 saturated heterocycles. The Kier molecular flexibility index (Phi) is 3.15. The van der Waals surface area contributed by atoms with Gasteiger partial charge in [0.1, 0.15) is 5.82 Å². The lowest BCUT2D eigenvalue weighted by Crippen LogP contribution is -2.38. The van der Waals surface area contributed by atoms with Gasteiger partial charge in [-0.05, 0) is 44.4 Å². The van der Waals surface area contributed by atoms with Crippen LogP contribution in [0.15, 0.2) is 30.9 Å². The molecule has 21 heavy (non-hydrogen) atoms. The van der Waals surface area contributed by atoms with Crippen molar-refractivity contribution in [2.45, 2.75) is 37.8 Å². The predicted octanol–water partition coefficient (Wildman–Crippen LogP) is 2.33. The van der Waals surface area contributed by atoms with E-state index in [4.69, 9.17) is 5.73 Å². The molecule has 0 amide bonds. The summed E-state index contributed by atoms with van der Waals surface area (Å²) in [4.78, 5) is 11.2. The second-order valence-electron chi connectivity index (χ2n) is 6.13. The number of imidazole rings is 1. The Morgan fingerprint density at radius 1 is 1.19 bits per heavy atom. The van der Waals surface area contributed by atoms with E-state index in [9.17, 15) is 0 Å². The molecule has 2 atom stereocenters. The third-order valence-corrected chi connectivity index (χ3v) is 4.97. The van der Waals surface area contributed by atoms with Gasteiger partial charge in [0, 0.05) is 30.4 Å². The number of fused-ring (bicyclic) bond motifs is 1. The van der Waals surface area contributed by atoms with Crippen molar-refractivity contribution < 1.29 is 0 Å². The number of pyridine rings is 1. The number of hydrogen-bond acceptors (Lipinski definition) is 4. The number of hydrogen-bond donors (Lipinski definition) is 1. The van der Waals surface area contributed by atoms with Gasteiger partial charge in [-0.2, -0.15) is 0 Å². The number of aromatic nitrogens is 3. The average molecular weight is 283 g/mol. The first-order valence-electron chi connectivity index (χ1n) is 7.79. The van der Waals surface area contributed by atoms with Gasteiger partial charge in [-0.3, -0.25) is 0 Å². The number of nitrogens with zero attached hydrogens (tertiary/aromatic N) is 4. The molecule has 5 heteroatoms. The zero-order chi connectivity index (χ0) is 14.2. The van der Waals surface area contributed by atoms with Gasteiger partial charge in [0.05, 0.1) is 18.2 Å². The van der Waals surface area contributed by atoms with Crippen molar-refractivity contribution in [1.82, 2.24) is 19.4 Å². The highest BCUT2D eigenvalue weighted by Crippen LogP contribution is 2.36. The number of nitrogen functional groups attached to an aromatic ring is 1. The van der Waals surface area contributed by atoms with Crippen molar-refractivity contribution in [3.8, 4) is 11.3 Å². The molecule has 0 saturated carbocycles. The monoisotopic (exact) mass is 283 g/mol. The lowest BCUT2D eigenvalue weighted by atomic mass is 9.97. The fourth-order valence-corrected chi connectivity index (χ4v) is 3.89. The van der Waals surface area contributed by atoms with E-state index in [-0.39, 0.29) is 0 Å². The molecule has 5 nitrogen and oxygen atoms in total. The van der Waals surface area contributed by atoms with E-state index in [0.29, 0.717) is 11.9 Å². The van der Waals surface area contributed by atoms with Crippen molar-refractivity contribution in [1.29, 1.82) is 0 Å². The summed E-state index contributed by atoms with van der Waals surface area (Å²) in [7, 11) is 0. The quantitative estimate of drug-likeness (QED) is 0.919. The van der Waals surface area contributed by atoms with E-state index in [1.165, 1.54) is 38.8 Å². The summed E-state index contributed by atoms with van der Waals surface area (Å²) in [6.07, 6.45) is 10.7. The van der Waals surface area contributed by atoms with Gasteiger partial charge < -0.3 is 15.2 Å². The zero-order valence-electron chi connectivity index (χ0n) is 12.2. The minimum Gasteiger partial charge on any atom is -0.383 e. The number of anilines is 1. The normalized spacial score (nSPS) is 25.9. The van der Waals surface area contributed by atoms with E-state index in [2.05, 4.69) is 19.4 Å². The van der Waals surface area contributed by atoms with Crippen LogP contribution in [0.25, 0.3) is 11.3 Å². The molecule has 2 fully saturated rings. The highest BCUT2D eigenvalue weighted by atomic mass is 15.2. The van der Waals surface area contributed by atoms with Crippen LogP contribution in [-0.2, 0) is 0 Å². The van der Waals surface area contributed by atoms with Crippen LogP contribution in [0, 0.1) is 0 Å². The lowest BCUT2D eigenvalue weighted by molar-refractivity contribution is 0.156. The van der Waals surface area contributed by atoms with Crippen LogP contribution in [0.5, 0.6) is 0 Å². The first-order valence-corrected chi connectivity index (χ1v) is 7.79.